The summed E-state index contributed by atoms with van der Waals surface area (Å²) in [4.78, 5) is 5.18. The van der Waals surface area contributed by atoms with Gasteiger partial charge in [-0.15, -0.1) is 11.3 Å². The van der Waals surface area contributed by atoms with Crippen LogP contribution in [0.2, 0.25) is 0 Å². The molecule has 3 heteroatoms. The Kier molecular flexibility index (Phi) is 2.02. The molecule has 0 spiro atoms. The van der Waals surface area contributed by atoms with E-state index in [0.717, 1.165) is 11.1 Å². The van der Waals surface area contributed by atoms with Crippen LogP contribution in [0.3, 0.4) is 0 Å². The Morgan fingerprint density at radius 2 is 2.23 bits per heavy atom. The number of thiophene rings is 1. The molecule has 0 amide bonds. The highest BCUT2D eigenvalue weighted by Gasteiger charge is 2.03. The molecule has 13 heavy (non-hydrogen) atoms. The number of pyridine rings is 1. The van der Waals surface area contributed by atoms with Crippen LogP contribution in [0.5, 0.6) is 5.75 Å². The van der Waals surface area contributed by atoms with Crippen molar-refractivity contribution in [3.8, 4) is 16.9 Å². The lowest BCUT2D eigenvalue weighted by molar-refractivity contribution is 0.473. The number of aromatic nitrogens is 1. The van der Waals surface area contributed by atoms with E-state index in [2.05, 4.69) is 11.9 Å². The molecule has 0 saturated carbocycles. The molecule has 0 aliphatic rings. The number of rotatable bonds is 1. The van der Waals surface area contributed by atoms with Gasteiger partial charge in [-0.3, -0.25) is 4.98 Å². The van der Waals surface area contributed by atoms with E-state index in [9.17, 15) is 5.11 Å². The molecule has 2 rings (SSSR count). The number of nitrogens with zero attached hydrogens (tertiary/aromatic N) is 1. The van der Waals surface area contributed by atoms with Gasteiger partial charge in [0.15, 0.2) is 0 Å². The van der Waals surface area contributed by atoms with Gasteiger partial charge in [-0.25, -0.2) is 0 Å². The van der Waals surface area contributed by atoms with Crippen molar-refractivity contribution in [2.75, 3.05) is 0 Å². The minimum absolute atomic E-state index is 0.211. The van der Waals surface area contributed by atoms with Crippen LogP contribution in [0.15, 0.2) is 29.9 Å². The molecule has 2 aromatic rings. The topological polar surface area (TPSA) is 33.1 Å². The van der Waals surface area contributed by atoms with Crippen LogP contribution in [-0.4, -0.2) is 10.1 Å². The molecule has 0 atom stereocenters. The quantitative estimate of drug-likeness (QED) is 0.751. The predicted octanol–water partition coefficient (Wildman–Crippen LogP) is 2.82. The van der Waals surface area contributed by atoms with Gasteiger partial charge in [-0.1, -0.05) is 0 Å². The molecule has 0 saturated heterocycles. The average Bonchev–Trinajstić information content (AvgIpc) is 2.51. The number of hydrogen-bond donors (Lipinski definition) is 1. The summed E-state index contributed by atoms with van der Waals surface area (Å²) in [5.41, 5.74) is 2.12. The van der Waals surface area contributed by atoms with E-state index in [4.69, 9.17) is 0 Å². The van der Waals surface area contributed by atoms with Crippen molar-refractivity contribution in [1.29, 1.82) is 0 Å². The summed E-state index contributed by atoms with van der Waals surface area (Å²) in [6.45, 7) is 2.06. The van der Waals surface area contributed by atoms with Gasteiger partial charge in [0.2, 0.25) is 0 Å². The van der Waals surface area contributed by atoms with Crippen molar-refractivity contribution in [1.82, 2.24) is 4.98 Å². The molecule has 0 aliphatic heterocycles. The second-order valence-corrected chi connectivity index (χ2v) is 3.94. The Balaban J connectivity index is 2.53. The van der Waals surface area contributed by atoms with Crippen LogP contribution in [0.25, 0.3) is 11.1 Å². The van der Waals surface area contributed by atoms with Crippen LogP contribution in [0.1, 0.15) is 4.88 Å². The van der Waals surface area contributed by atoms with Crippen LogP contribution in [0, 0.1) is 6.92 Å². The van der Waals surface area contributed by atoms with E-state index in [1.54, 1.807) is 23.6 Å². The third-order valence-electron chi connectivity index (χ3n) is 1.89. The van der Waals surface area contributed by atoms with Gasteiger partial charge in [-0.2, -0.15) is 0 Å². The first-order chi connectivity index (χ1) is 6.27. The van der Waals surface area contributed by atoms with E-state index in [-0.39, 0.29) is 5.75 Å². The molecule has 66 valence electrons. The molecular formula is C10H9NOS. The lowest BCUT2D eigenvalue weighted by Crippen LogP contribution is -1.78. The van der Waals surface area contributed by atoms with Crippen molar-refractivity contribution < 1.29 is 5.11 Å². The molecule has 0 aliphatic carbocycles. The highest BCUT2D eigenvalue weighted by atomic mass is 32.1. The SMILES string of the molecule is Cc1sccc1-c1cncc(O)c1. The molecule has 1 N–H and O–H groups in total. The van der Waals surface area contributed by atoms with Crippen molar-refractivity contribution in [2.24, 2.45) is 0 Å². The van der Waals surface area contributed by atoms with Gasteiger partial charge in [0, 0.05) is 16.6 Å². The average molecular weight is 191 g/mol. The van der Waals surface area contributed by atoms with E-state index in [0.29, 0.717) is 0 Å². The second kappa shape index (κ2) is 3.18. The smallest absolute Gasteiger partial charge is 0.134 e. The fourth-order valence-electron chi connectivity index (χ4n) is 1.26. The van der Waals surface area contributed by atoms with Gasteiger partial charge < -0.3 is 5.11 Å². The normalized spacial score (nSPS) is 10.2. The molecule has 2 nitrogen and oxygen atoms in total. The van der Waals surface area contributed by atoms with E-state index in [1.165, 1.54) is 11.1 Å². The molecule has 0 aromatic carbocycles. The minimum Gasteiger partial charge on any atom is -0.506 e. The standard InChI is InChI=1S/C10H9NOS/c1-7-10(2-3-13-7)8-4-9(12)6-11-5-8/h2-6,12H,1H3. The van der Waals surface area contributed by atoms with Gasteiger partial charge in [-0.05, 0) is 30.0 Å². The third-order valence-corrected chi connectivity index (χ3v) is 2.74. The Morgan fingerprint density at radius 1 is 1.38 bits per heavy atom. The second-order valence-electron chi connectivity index (χ2n) is 2.82. The summed E-state index contributed by atoms with van der Waals surface area (Å²) in [5.74, 6) is 0.211. The summed E-state index contributed by atoms with van der Waals surface area (Å²) < 4.78 is 0. The van der Waals surface area contributed by atoms with E-state index in [1.807, 2.05) is 11.4 Å². The number of aromatic hydroxyl groups is 1. The Hall–Kier alpha value is -1.35. The molecule has 0 radical (unpaired) electrons. The molecule has 2 aromatic heterocycles. The third kappa shape index (κ3) is 1.55. The first kappa shape index (κ1) is 8.26. The van der Waals surface area contributed by atoms with Crippen molar-refractivity contribution in [3.05, 3.63) is 34.8 Å². The summed E-state index contributed by atoms with van der Waals surface area (Å²) >= 11 is 1.70. The number of hydrogen-bond acceptors (Lipinski definition) is 3. The van der Waals surface area contributed by atoms with Crippen LogP contribution in [-0.2, 0) is 0 Å². The van der Waals surface area contributed by atoms with Gasteiger partial charge in [0.25, 0.3) is 0 Å². The summed E-state index contributed by atoms with van der Waals surface area (Å²) in [5, 5.41) is 11.3. The maximum atomic E-state index is 9.24. The van der Waals surface area contributed by atoms with Crippen molar-refractivity contribution >= 4 is 11.3 Å². The molecule has 0 unspecified atom stereocenters. The zero-order chi connectivity index (χ0) is 9.26. The fourth-order valence-corrected chi connectivity index (χ4v) is 1.98. The van der Waals surface area contributed by atoms with Gasteiger partial charge >= 0.3 is 0 Å². The maximum Gasteiger partial charge on any atom is 0.134 e. The summed E-state index contributed by atoms with van der Waals surface area (Å²) in [7, 11) is 0. The van der Waals surface area contributed by atoms with E-state index < -0.39 is 0 Å². The first-order valence-electron chi connectivity index (χ1n) is 3.96. The van der Waals surface area contributed by atoms with Gasteiger partial charge in [0.1, 0.15) is 5.75 Å². The highest BCUT2D eigenvalue weighted by Crippen LogP contribution is 2.28. The van der Waals surface area contributed by atoms with Crippen molar-refractivity contribution in [2.45, 2.75) is 6.92 Å². The monoisotopic (exact) mass is 191 g/mol. The van der Waals surface area contributed by atoms with Crippen LogP contribution >= 0.6 is 11.3 Å². The zero-order valence-corrected chi connectivity index (χ0v) is 8.01. The molecule has 0 bridgehead atoms. The van der Waals surface area contributed by atoms with Crippen LogP contribution < -0.4 is 0 Å². The number of aryl methyl sites for hydroxylation is 1. The Labute approximate surface area is 80.5 Å². The lowest BCUT2D eigenvalue weighted by atomic mass is 10.1. The molecular weight excluding hydrogens is 182 g/mol. The molecule has 0 fully saturated rings. The van der Waals surface area contributed by atoms with Gasteiger partial charge in [0.05, 0.1) is 6.20 Å². The maximum absolute atomic E-state index is 9.24. The van der Waals surface area contributed by atoms with E-state index >= 15 is 0 Å². The highest BCUT2D eigenvalue weighted by molar-refractivity contribution is 7.10. The lowest BCUT2D eigenvalue weighted by Gasteiger charge is -1.99. The van der Waals surface area contributed by atoms with Crippen molar-refractivity contribution in [3.63, 3.8) is 0 Å². The first-order valence-corrected chi connectivity index (χ1v) is 4.84. The fraction of sp³-hybridized carbons (Fsp3) is 0.100. The largest absolute Gasteiger partial charge is 0.506 e. The summed E-state index contributed by atoms with van der Waals surface area (Å²) in [6.07, 6.45) is 3.19. The van der Waals surface area contributed by atoms with Crippen LogP contribution in [0.4, 0.5) is 0 Å². The Bertz CT molecular complexity index is 422. The molecule has 2 heterocycles. The Morgan fingerprint density at radius 3 is 2.85 bits per heavy atom. The predicted molar refractivity (Wildman–Crippen MR) is 54.0 cm³/mol. The summed E-state index contributed by atoms with van der Waals surface area (Å²) in [6, 6.07) is 3.76. The minimum atomic E-state index is 0.211. The zero-order valence-electron chi connectivity index (χ0n) is 7.19.